The number of hydrogen-bond acceptors (Lipinski definition) is 3. The minimum Gasteiger partial charge on any atom is -0.326 e. The summed E-state index contributed by atoms with van der Waals surface area (Å²) in [7, 11) is 5.26. The van der Waals surface area contributed by atoms with Crippen molar-refractivity contribution in [3.63, 3.8) is 0 Å². The van der Waals surface area contributed by atoms with Crippen LogP contribution in [-0.2, 0) is 23.1 Å². The van der Waals surface area contributed by atoms with Gasteiger partial charge in [0.15, 0.2) is 0 Å². The van der Waals surface area contributed by atoms with Crippen molar-refractivity contribution in [2.45, 2.75) is 18.9 Å². The van der Waals surface area contributed by atoms with Gasteiger partial charge >= 0.3 is 0 Å². The van der Waals surface area contributed by atoms with Crippen LogP contribution >= 0.6 is 0 Å². The lowest BCUT2D eigenvalue weighted by molar-refractivity contribution is -0.155. The highest BCUT2D eigenvalue weighted by atomic mass is 16.2. The third kappa shape index (κ3) is 3.54. The van der Waals surface area contributed by atoms with Gasteiger partial charge in [-0.15, -0.1) is 0 Å². The van der Waals surface area contributed by atoms with Gasteiger partial charge < -0.3 is 9.80 Å². The van der Waals surface area contributed by atoms with Crippen LogP contribution in [0.2, 0.25) is 0 Å². The summed E-state index contributed by atoms with van der Waals surface area (Å²) in [6.07, 6.45) is 3.99. The number of amides is 2. The summed E-state index contributed by atoms with van der Waals surface area (Å²) in [5.41, 5.74) is 3.16. The van der Waals surface area contributed by atoms with E-state index in [-0.39, 0.29) is 11.8 Å². The lowest BCUT2D eigenvalue weighted by atomic mass is 9.87. The van der Waals surface area contributed by atoms with Crippen molar-refractivity contribution < 1.29 is 9.59 Å². The molecule has 2 heterocycles. The first-order chi connectivity index (χ1) is 14.8. The van der Waals surface area contributed by atoms with E-state index in [0.29, 0.717) is 12.1 Å². The highest BCUT2D eigenvalue weighted by molar-refractivity contribution is 6.09. The van der Waals surface area contributed by atoms with Gasteiger partial charge in [0.1, 0.15) is 11.2 Å². The molecule has 6 heteroatoms. The topological polar surface area (TPSA) is 58.4 Å². The molecule has 6 nitrogen and oxygen atoms in total. The molecule has 2 amide bonds. The van der Waals surface area contributed by atoms with Crippen LogP contribution in [-0.4, -0.2) is 51.0 Å². The van der Waals surface area contributed by atoms with Gasteiger partial charge in [-0.1, -0.05) is 54.6 Å². The van der Waals surface area contributed by atoms with Crippen LogP contribution in [0.15, 0.2) is 72.6 Å². The van der Waals surface area contributed by atoms with E-state index in [1.807, 2.05) is 74.6 Å². The zero-order valence-electron chi connectivity index (χ0n) is 18.2. The highest BCUT2D eigenvalue weighted by Gasteiger charge is 2.48. The Morgan fingerprint density at radius 1 is 0.935 bits per heavy atom. The van der Waals surface area contributed by atoms with Crippen LogP contribution in [0.1, 0.15) is 18.1 Å². The molecule has 1 atom stereocenters. The van der Waals surface area contributed by atoms with Gasteiger partial charge in [-0.2, -0.15) is 5.10 Å². The Morgan fingerprint density at radius 2 is 1.61 bits per heavy atom. The van der Waals surface area contributed by atoms with Crippen LogP contribution in [0, 0.1) is 0 Å². The molecule has 4 rings (SSSR count). The molecule has 0 bridgehead atoms. The van der Waals surface area contributed by atoms with Gasteiger partial charge in [-0.25, -0.2) is 0 Å². The minimum atomic E-state index is -0.952. The fourth-order valence-electron chi connectivity index (χ4n) is 4.14. The standard InChI is InChI=1S/C25H26N4O2/c1-25(17-18-10-6-5-7-11-18)24(31)27(2)22(23(30)28(25)3)16-19-12-8-9-13-20(19)21-14-15-26-29(21)4/h5-16H,17H2,1-4H3/b22-16-. The first-order valence-corrected chi connectivity index (χ1v) is 10.2. The number of aryl methyl sites for hydroxylation is 1. The summed E-state index contributed by atoms with van der Waals surface area (Å²) in [6, 6.07) is 19.5. The second-order valence-electron chi connectivity index (χ2n) is 8.12. The molecule has 1 aromatic heterocycles. The Hall–Kier alpha value is -3.67. The highest BCUT2D eigenvalue weighted by Crippen LogP contribution is 2.32. The predicted molar refractivity (Wildman–Crippen MR) is 121 cm³/mol. The number of benzene rings is 2. The monoisotopic (exact) mass is 414 g/mol. The van der Waals surface area contributed by atoms with Gasteiger partial charge in [-0.05, 0) is 30.2 Å². The van der Waals surface area contributed by atoms with Gasteiger partial charge in [-0.3, -0.25) is 14.3 Å². The largest absolute Gasteiger partial charge is 0.326 e. The lowest BCUT2D eigenvalue weighted by Crippen LogP contribution is -2.64. The first-order valence-electron chi connectivity index (χ1n) is 10.2. The summed E-state index contributed by atoms with van der Waals surface area (Å²) < 4.78 is 1.79. The number of carbonyl (C=O) groups excluding carboxylic acids is 2. The molecule has 1 aliphatic rings. The predicted octanol–water partition coefficient (Wildman–Crippen LogP) is 3.36. The molecule has 1 saturated heterocycles. The molecule has 0 radical (unpaired) electrons. The SMILES string of the molecule is CN1C(=O)C(C)(Cc2ccccc2)N(C)C(=O)/C1=C/c1ccccc1-c1ccnn1C. The van der Waals surface area contributed by atoms with Crippen LogP contribution < -0.4 is 0 Å². The quantitative estimate of drug-likeness (QED) is 0.615. The van der Waals surface area contributed by atoms with Crippen LogP contribution in [0.25, 0.3) is 17.3 Å². The Labute approximate surface area is 182 Å². The summed E-state index contributed by atoms with van der Waals surface area (Å²) in [6.45, 7) is 1.83. The van der Waals surface area contributed by atoms with Crippen LogP contribution in [0.4, 0.5) is 0 Å². The summed E-state index contributed by atoms with van der Waals surface area (Å²) in [5.74, 6) is -0.289. The number of nitrogens with zero attached hydrogens (tertiary/aromatic N) is 4. The maximum atomic E-state index is 13.5. The molecule has 2 aromatic carbocycles. The second-order valence-corrected chi connectivity index (χ2v) is 8.12. The van der Waals surface area contributed by atoms with E-state index in [2.05, 4.69) is 5.10 Å². The maximum absolute atomic E-state index is 13.5. The van der Waals surface area contributed by atoms with E-state index in [1.165, 1.54) is 4.90 Å². The Balaban J connectivity index is 1.73. The minimum absolute atomic E-state index is 0.109. The molecule has 1 fully saturated rings. The first kappa shape index (κ1) is 20.6. The van der Waals surface area contributed by atoms with E-state index < -0.39 is 5.54 Å². The molecular weight excluding hydrogens is 388 g/mol. The van der Waals surface area contributed by atoms with E-state index in [0.717, 1.165) is 22.4 Å². The van der Waals surface area contributed by atoms with Crippen molar-refractivity contribution in [2.24, 2.45) is 7.05 Å². The summed E-state index contributed by atoms with van der Waals surface area (Å²) >= 11 is 0. The van der Waals surface area contributed by atoms with Gasteiger partial charge in [0.25, 0.3) is 11.8 Å². The van der Waals surface area contributed by atoms with E-state index in [4.69, 9.17) is 0 Å². The van der Waals surface area contributed by atoms with Crippen LogP contribution in [0.3, 0.4) is 0 Å². The number of likely N-dealkylation sites (N-methyl/N-ethyl adjacent to an activating group) is 2. The van der Waals surface area contributed by atoms with Crippen molar-refractivity contribution in [3.05, 3.63) is 83.7 Å². The van der Waals surface area contributed by atoms with Gasteiger partial charge in [0.05, 0.1) is 5.69 Å². The molecule has 1 aliphatic heterocycles. The third-order valence-electron chi connectivity index (χ3n) is 6.13. The molecule has 31 heavy (non-hydrogen) atoms. The molecule has 3 aromatic rings. The number of hydrogen-bond donors (Lipinski definition) is 0. The number of piperazine rings is 1. The normalized spacial score (nSPS) is 20.6. The van der Waals surface area contributed by atoms with Crippen molar-refractivity contribution in [3.8, 4) is 11.3 Å². The van der Waals surface area contributed by atoms with Crippen molar-refractivity contribution in [1.82, 2.24) is 19.6 Å². The average Bonchev–Trinajstić information content (AvgIpc) is 3.21. The summed E-state index contributed by atoms with van der Waals surface area (Å²) in [4.78, 5) is 29.9. The number of carbonyl (C=O) groups is 2. The van der Waals surface area contributed by atoms with Crippen molar-refractivity contribution in [2.75, 3.05) is 14.1 Å². The lowest BCUT2D eigenvalue weighted by Gasteiger charge is -2.45. The molecular formula is C25H26N4O2. The second kappa shape index (κ2) is 7.87. The van der Waals surface area contributed by atoms with Gasteiger partial charge in [0.2, 0.25) is 0 Å². The molecule has 158 valence electrons. The fourth-order valence-corrected chi connectivity index (χ4v) is 4.14. The Kier molecular flexibility index (Phi) is 5.23. The molecule has 0 aliphatic carbocycles. The maximum Gasteiger partial charge on any atom is 0.271 e. The molecule has 0 saturated carbocycles. The zero-order chi connectivity index (χ0) is 22.2. The Bertz CT molecular complexity index is 1170. The Morgan fingerprint density at radius 3 is 2.29 bits per heavy atom. The van der Waals surface area contributed by atoms with E-state index in [1.54, 1.807) is 35.9 Å². The fraction of sp³-hybridized carbons (Fsp3) is 0.240. The smallest absolute Gasteiger partial charge is 0.271 e. The molecule has 0 spiro atoms. The molecule has 0 N–H and O–H groups in total. The van der Waals surface area contributed by atoms with Crippen molar-refractivity contribution in [1.29, 1.82) is 0 Å². The van der Waals surface area contributed by atoms with Gasteiger partial charge in [0, 0.05) is 39.3 Å². The van der Waals surface area contributed by atoms with Crippen molar-refractivity contribution >= 4 is 17.9 Å². The van der Waals surface area contributed by atoms with E-state index in [9.17, 15) is 9.59 Å². The summed E-state index contributed by atoms with van der Waals surface area (Å²) in [5, 5.41) is 4.25. The molecule has 1 unspecified atom stereocenters. The number of rotatable bonds is 4. The average molecular weight is 415 g/mol. The third-order valence-corrected chi connectivity index (χ3v) is 6.13. The number of aromatic nitrogens is 2. The van der Waals surface area contributed by atoms with Crippen LogP contribution in [0.5, 0.6) is 0 Å². The van der Waals surface area contributed by atoms with E-state index >= 15 is 0 Å². The zero-order valence-corrected chi connectivity index (χ0v) is 18.2.